The van der Waals surface area contributed by atoms with Gasteiger partial charge in [-0.05, 0) is 28.8 Å². The van der Waals surface area contributed by atoms with Crippen LogP contribution in [0, 0.1) is 0 Å². The zero-order valence-corrected chi connectivity index (χ0v) is 19.8. The number of morpholine rings is 1. The minimum absolute atomic E-state index is 0.0140. The summed E-state index contributed by atoms with van der Waals surface area (Å²) in [5, 5.41) is 3.25. The molecule has 1 amide bonds. The molecule has 0 bridgehead atoms. The lowest BCUT2D eigenvalue weighted by atomic mass is 9.90. The van der Waals surface area contributed by atoms with Crippen LogP contribution in [0.1, 0.15) is 28.7 Å². The van der Waals surface area contributed by atoms with E-state index in [1.165, 1.54) is 0 Å². The monoisotopic (exact) mass is 460 g/mol. The van der Waals surface area contributed by atoms with E-state index >= 15 is 0 Å². The number of nitrogens with zero attached hydrogens (tertiary/aromatic N) is 1. The number of nitrogens with one attached hydrogen (secondary N) is 1. The lowest BCUT2D eigenvalue weighted by Gasteiger charge is -2.35. The third-order valence-electron chi connectivity index (χ3n) is 6.28. The van der Waals surface area contributed by atoms with E-state index in [2.05, 4.69) is 10.2 Å². The molecule has 1 aliphatic rings. The summed E-state index contributed by atoms with van der Waals surface area (Å²) in [5.74, 6) is 0.967. The van der Waals surface area contributed by atoms with Crippen molar-refractivity contribution in [2.45, 2.75) is 12.0 Å². The fraction of sp³-hybridized carbons (Fsp3) is 0.321. The number of ether oxygens (including phenoxy) is 3. The van der Waals surface area contributed by atoms with Crippen LogP contribution < -0.4 is 14.8 Å². The Balaban J connectivity index is 1.59. The molecule has 3 aromatic carbocycles. The molecular weight excluding hydrogens is 428 g/mol. The molecule has 0 aromatic heterocycles. The number of rotatable bonds is 9. The van der Waals surface area contributed by atoms with Crippen molar-refractivity contribution in [3.8, 4) is 11.5 Å². The average molecular weight is 461 g/mol. The molecule has 34 heavy (non-hydrogen) atoms. The Labute approximate surface area is 201 Å². The van der Waals surface area contributed by atoms with Crippen LogP contribution in [0.5, 0.6) is 11.5 Å². The van der Waals surface area contributed by atoms with Crippen molar-refractivity contribution in [2.24, 2.45) is 0 Å². The standard InChI is InChI=1S/C28H32N2O4/c1-32-25-14-13-23(19-26(25)33-2)24(30-15-17-34-18-16-30)20-29-28(31)27(21-9-5-3-6-10-21)22-11-7-4-8-12-22/h3-14,19,24,27H,15-18,20H2,1-2H3,(H,29,31). The molecule has 0 aliphatic carbocycles. The predicted molar refractivity (Wildman–Crippen MR) is 132 cm³/mol. The van der Waals surface area contributed by atoms with Crippen LogP contribution >= 0.6 is 0 Å². The second-order valence-electron chi connectivity index (χ2n) is 8.28. The Bertz CT molecular complexity index is 1010. The molecule has 1 atom stereocenters. The summed E-state index contributed by atoms with van der Waals surface area (Å²) in [6.45, 7) is 3.43. The van der Waals surface area contributed by atoms with Gasteiger partial charge in [-0.25, -0.2) is 0 Å². The fourth-order valence-electron chi connectivity index (χ4n) is 4.49. The third kappa shape index (κ3) is 5.58. The third-order valence-corrected chi connectivity index (χ3v) is 6.28. The van der Waals surface area contributed by atoms with Crippen molar-refractivity contribution in [1.82, 2.24) is 10.2 Å². The number of methoxy groups -OCH3 is 2. The lowest BCUT2D eigenvalue weighted by Crippen LogP contribution is -2.44. The number of hydrogen-bond donors (Lipinski definition) is 1. The number of benzene rings is 3. The maximum atomic E-state index is 13.6. The highest BCUT2D eigenvalue weighted by Gasteiger charge is 2.27. The Morgan fingerprint density at radius 2 is 1.44 bits per heavy atom. The maximum Gasteiger partial charge on any atom is 0.232 e. The highest BCUT2D eigenvalue weighted by atomic mass is 16.5. The topological polar surface area (TPSA) is 60.0 Å². The van der Waals surface area contributed by atoms with Crippen molar-refractivity contribution < 1.29 is 19.0 Å². The zero-order valence-electron chi connectivity index (χ0n) is 19.8. The first-order valence-electron chi connectivity index (χ1n) is 11.6. The molecule has 0 radical (unpaired) electrons. The Morgan fingerprint density at radius 1 is 0.853 bits per heavy atom. The predicted octanol–water partition coefficient (Wildman–Crippen LogP) is 4.03. The molecule has 6 heteroatoms. The van der Waals surface area contributed by atoms with Gasteiger partial charge in [0, 0.05) is 19.6 Å². The van der Waals surface area contributed by atoms with Crippen molar-refractivity contribution in [3.63, 3.8) is 0 Å². The van der Waals surface area contributed by atoms with E-state index in [0.29, 0.717) is 31.3 Å². The molecule has 3 aromatic rings. The molecule has 0 saturated carbocycles. The summed E-state index contributed by atoms with van der Waals surface area (Å²) in [5.41, 5.74) is 3.01. The van der Waals surface area contributed by atoms with Crippen molar-refractivity contribution in [3.05, 3.63) is 95.6 Å². The molecule has 1 saturated heterocycles. The SMILES string of the molecule is COc1ccc(C(CNC(=O)C(c2ccccc2)c2ccccc2)N2CCOCC2)cc1OC. The second-order valence-corrected chi connectivity index (χ2v) is 8.28. The molecule has 1 aliphatic heterocycles. The number of carbonyl (C=O) groups excluding carboxylic acids is 1. The minimum Gasteiger partial charge on any atom is -0.493 e. The first kappa shape index (κ1) is 23.8. The van der Waals surface area contributed by atoms with Gasteiger partial charge in [-0.2, -0.15) is 0 Å². The van der Waals surface area contributed by atoms with Gasteiger partial charge in [0.2, 0.25) is 5.91 Å². The van der Waals surface area contributed by atoms with Gasteiger partial charge in [0.1, 0.15) is 0 Å². The Morgan fingerprint density at radius 3 is 2.00 bits per heavy atom. The summed E-state index contributed by atoms with van der Waals surface area (Å²) in [6.07, 6.45) is 0. The van der Waals surface area contributed by atoms with Gasteiger partial charge in [-0.1, -0.05) is 66.7 Å². The molecule has 1 N–H and O–H groups in total. The van der Waals surface area contributed by atoms with Gasteiger partial charge in [0.15, 0.2) is 11.5 Å². The molecule has 178 valence electrons. The fourth-order valence-corrected chi connectivity index (χ4v) is 4.49. The van der Waals surface area contributed by atoms with Crippen LogP contribution in [-0.2, 0) is 9.53 Å². The molecule has 1 unspecified atom stereocenters. The van der Waals surface area contributed by atoms with Crippen molar-refractivity contribution in [2.75, 3.05) is 47.1 Å². The number of amides is 1. The quantitative estimate of drug-likeness (QED) is 0.523. The van der Waals surface area contributed by atoms with Gasteiger partial charge >= 0.3 is 0 Å². The van der Waals surface area contributed by atoms with Crippen LogP contribution in [0.4, 0.5) is 0 Å². The Hall–Kier alpha value is -3.35. The largest absolute Gasteiger partial charge is 0.493 e. The summed E-state index contributed by atoms with van der Waals surface area (Å²) in [6, 6.07) is 25.8. The molecule has 1 heterocycles. The highest BCUT2D eigenvalue weighted by molar-refractivity contribution is 5.87. The summed E-state index contributed by atoms with van der Waals surface area (Å²) < 4.78 is 16.5. The van der Waals surface area contributed by atoms with E-state index < -0.39 is 0 Å². The van der Waals surface area contributed by atoms with Gasteiger partial charge in [-0.3, -0.25) is 9.69 Å². The number of carbonyl (C=O) groups is 1. The first-order chi connectivity index (χ1) is 16.7. The van der Waals surface area contributed by atoms with Crippen LogP contribution in [0.3, 0.4) is 0 Å². The van der Waals surface area contributed by atoms with Crippen LogP contribution in [-0.4, -0.2) is 57.9 Å². The van der Waals surface area contributed by atoms with E-state index in [-0.39, 0.29) is 17.9 Å². The lowest BCUT2D eigenvalue weighted by molar-refractivity contribution is -0.122. The normalized spacial score (nSPS) is 15.0. The van der Waals surface area contributed by atoms with Gasteiger partial charge in [0.05, 0.1) is 39.4 Å². The maximum absolute atomic E-state index is 13.6. The zero-order chi connectivity index (χ0) is 23.8. The van der Waals surface area contributed by atoms with Gasteiger partial charge in [-0.15, -0.1) is 0 Å². The van der Waals surface area contributed by atoms with E-state index in [1.54, 1.807) is 14.2 Å². The molecular formula is C28H32N2O4. The highest BCUT2D eigenvalue weighted by Crippen LogP contribution is 2.32. The second kappa shape index (κ2) is 11.7. The van der Waals surface area contributed by atoms with Crippen LogP contribution in [0.2, 0.25) is 0 Å². The average Bonchev–Trinajstić information content (AvgIpc) is 2.90. The van der Waals surface area contributed by atoms with E-state index in [9.17, 15) is 4.79 Å². The smallest absolute Gasteiger partial charge is 0.232 e. The van der Waals surface area contributed by atoms with Crippen LogP contribution in [0.15, 0.2) is 78.9 Å². The molecule has 4 rings (SSSR count). The van der Waals surface area contributed by atoms with Crippen LogP contribution in [0.25, 0.3) is 0 Å². The Kier molecular flexibility index (Phi) is 8.17. The molecule has 6 nitrogen and oxygen atoms in total. The van der Waals surface area contributed by atoms with Crippen molar-refractivity contribution in [1.29, 1.82) is 0 Å². The van der Waals surface area contributed by atoms with E-state index in [0.717, 1.165) is 29.8 Å². The minimum atomic E-state index is -0.377. The van der Waals surface area contributed by atoms with Gasteiger partial charge < -0.3 is 19.5 Å². The molecule has 1 fully saturated rings. The van der Waals surface area contributed by atoms with E-state index in [4.69, 9.17) is 14.2 Å². The van der Waals surface area contributed by atoms with Crippen molar-refractivity contribution >= 4 is 5.91 Å². The summed E-state index contributed by atoms with van der Waals surface area (Å²) >= 11 is 0. The molecule has 0 spiro atoms. The van der Waals surface area contributed by atoms with Gasteiger partial charge in [0.25, 0.3) is 0 Å². The summed E-state index contributed by atoms with van der Waals surface area (Å²) in [4.78, 5) is 15.9. The first-order valence-corrected chi connectivity index (χ1v) is 11.6. The number of hydrogen-bond acceptors (Lipinski definition) is 5. The van der Waals surface area contributed by atoms with E-state index in [1.807, 2.05) is 78.9 Å². The summed E-state index contributed by atoms with van der Waals surface area (Å²) in [7, 11) is 3.27.